The molecule has 0 aliphatic carbocycles. The van der Waals surface area contributed by atoms with Crippen molar-refractivity contribution < 1.29 is 8.42 Å². The Kier molecular flexibility index (Phi) is 4.23. The van der Waals surface area contributed by atoms with Gasteiger partial charge in [0.15, 0.2) is 0 Å². The Bertz CT molecular complexity index is 755. The number of benzene rings is 2. The van der Waals surface area contributed by atoms with E-state index >= 15 is 0 Å². The molecule has 0 radical (unpaired) electrons. The summed E-state index contributed by atoms with van der Waals surface area (Å²) in [5, 5.41) is 0. The standard InChI is InChI=1S/C16H20N2O2S/c1-4-18(15-10-6-5-8-12(15)2)21(19,20)16-11-7-9-14(17)13(16)3/h5-11H,4,17H2,1-3H3. The molecular formula is C16H20N2O2S. The third kappa shape index (κ3) is 2.74. The number of aryl methyl sites for hydroxylation is 1. The van der Waals surface area contributed by atoms with Gasteiger partial charge in [0.05, 0.1) is 10.6 Å². The molecule has 0 saturated heterocycles. The van der Waals surface area contributed by atoms with Gasteiger partial charge >= 0.3 is 0 Å². The van der Waals surface area contributed by atoms with E-state index in [9.17, 15) is 8.42 Å². The largest absolute Gasteiger partial charge is 0.398 e. The van der Waals surface area contributed by atoms with Gasteiger partial charge in [0.1, 0.15) is 0 Å². The van der Waals surface area contributed by atoms with E-state index in [4.69, 9.17) is 5.73 Å². The molecule has 0 saturated carbocycles. The lowest BCUT2D eigenvalue weighted by Crippen LogP contribution is -2.32. The second-order valence-corrected chi connectivity index (χ2v) is 6.76. The molecule has 0 heterocycles. The van der Waals surface area contributed by atoms with Gasteiger partial charge in [0.25, 0.3) is 10.0 Å². The van der Waals surface area contributed by atoms with Crippen molar-refractivity contribution in [1.29, 1.82) is 0 Å². The zero-order chi connectivity index (χ0) is 15.6. The quantitative estimate of drug-likeness (QED) is 0.883. The highest BCUT2D eigenvalue weighted by atomic mass is 32.2. The van der Waals surface area contributed by atoms with Crippen LogP contribution >= 0.6 is 0 Å². The van der Waals surface area contributed by atoms with Gasteiger partial charge in [-0.25, -0.2) is 8.42 Å². The van der Waals surface area contributed by atoms with Gasteiger partial charge in [-0.1, -0.05) is 24.3 Å². The molecule has 0 aliphatic heterocycles. The van der Waals surface area contributed by atoms with E-state index in [1.165, 1.54) is 4.31 Å². The molecule has 0 aromatic heterocycles. The number of anilines is 2. The smallest absolute Gasteiger partial charge is 0.264 e. The maximum Gasteiger partial charge on any atom is 0.264 e. The zero-order valence-electron chi connectivity index (χ0n) is 12.5. The maximum absolute atomic E-state index is 13.0. The lowest BCUT2D eigenvalue weighted by molar-refractivity contribution is 0.591. The van der Waals surface area contributed by atoms with Crippen LogP contribution in [-0.4, -0.2) is 15.0 Å². The van der Waals surface area contributed by atoms with Crippen molar-refractivity contribution >= 4 is 21.4 Å². The lowest BCUT2D eigenvalue weighted by Gasteiger charge is -2.25. The Labute approximate surface area is 126 Å². The Morgan fingerprint density at radius 2 is 1.71 bits per heavy atom. The van der Waals surface area contributed by atoms with Crippen molar-refractivity contribution in [3.63, 3.8) is 0 Å². The predicted molar refractivity (Wildman–Crippen MR) is 87.0 cm³/mol. The summed E-state index contributed by atoms with van der Waals surface area (Å²) in [5.41, 5.74) is 8.53. The minimum absolute atomic E-state index is 0.257. The molecule has 112 valence electrons. The van der Waals surface area contributed by atoms with E-state index in [1.54, 1.807) is 25.1 Å². The number of rotatable bonds is 4. The molecule has 5 heteroatoms. The number of hydrogen-bond donors (Lipinski definition) is 1. The van der Waals surface area contributed by atoms with Crippen LogP contribution in [0, 0.1) is 13.8 Å². The average molecular weight is 304 g/mol. The monoisotopic (exact) mass is 304 g/mol. The number of nitrogens with two attached hydrogens (primary N) is 1. The van der Waals surface area contributed by atoms with E-state index < -0.39 is 10.0 Å². The number of nitrogens with zero attached hydrogens (tertiary/aromatic N) is 1. The average Bonchev–Trinajstić information content (AvgIpc) is 2.44. The number of sulfonamides is 1. The molecule has 2 rings (SSSR count). The van der Waals surface area contributed by atoms with Crippen LogP contribution in [0.1, 0.15) is 18.1 Å². The highest BCUT2D eigenvalue weighted by Gasteiger charge is 2.26. The van der Waals surface area contributed by atoms with E-state index in [1.807, 2.05) is 38.1 Å². The van der Waals surface area contributed by atoms with Gasteiger partial charge in [0, 0.05) is 12.2 Å². The van der Waals surface area contributed by atoms with Crippen LogP contribution < -0.4 is 10.0 Å². The fourth-order valence-electron chi connectivity index (χ4n) is 2.34. The molecule has 0 aliphatic rings. The van der Waals surface area contributed by atoms with Crippen molar-refractivity contribution in [3.8, 4) is 0 Å². The molecule has 2 aromatic carbocycles. The van der Waals surface area contributed by atoms with Gasteiger partial charge in [-0.15, -0.1) is 0 Å². The Morgan fingerprint density at radius 1 is 1.05 bits per heavy atom. The van der Waals surface area contributed by atoms with Crippen molar-refractivity contribution in [2.24, 2.45) is 0 Å². The molecule has 0 spiro atoms. The van der Waals surface area contributed by atoms with Crippen LogP contribution in [-0.2, 0) is 10.0 Å². The van der Waals surface area contributed by atoms with Gasteiger partial charge < -0.3 is 5.73 Å². The third-order valence-electron chi connectivity index (χ3n) is 3.57. The summed E-state index contributed by atoms with van der Waals surface area (Å²) in [4.78, 5) is 0.257. The first kappa shape index (κ1) is 15.4. The Hall–Kier alpha value is -2.01. The summed E-state index contributed by atoms with van der Waals surface area (Å²) >= 11 is 0. The summed E-state index contributed by atoms with van der Waals surface area (Å²) in [5.74, 6) is 0. The van der Waals surface area contributed by atoms with E-state index in [2.05, 4.69) is 0 Å². The molecule has 0 amide bonds. The van der Waals surface area contributed by atoms with Crippen LogP contribution in [0.4, 0.5) is 11.4 Å². The number of hydrogen-bond acceptors (Lipinski definition) is 3. The van der Waals surface area contributed by atoms with Gasteiger partial charge in [-0.05, 0) is 50.1 Å². The Morgan fingerprint density at radius 3 is 2.33 bits per heavy atom. The summed E-state index contributed by atoms with van der Waals surface area (Å²) in [6.45, 7) is 5.82. The van der Waals surface area contributed by atoms with Crippen LogP contribution in [0.3, 0.4) is 0 Å². The molecule has 0 atom stereocenters. The fraction of sp³-hybridized carbons (Fsp3) is 0.250. The lowest BCUT2D eigenvalue weighted by atomic mass is 10.2. The summed E-state index contributed by atoms with van der Waals surface area (Å²) in [6.07, 6.45) is 0. The van der Waals surface area contributed by atoms with Crippen LogP contribution in [0.2, 0.25) is 0 Å². The molecule has 0 fully saturated rings. The van der Waals surface area contributed by atoms with E-state index in [0.717, 1.165) is 5.56 Å². The van der Waals surface area contributed by atoms with Crippen molar-refractivity contribution in [2.45, 2.75) is 25.7 Å². The molecular weight excluding hydrogens is 284 g/mol. The van der Waals surface area contributed by atoms with Crippen LogP contribution in [0.25, 0.3) is 0 Å². The first-order valence-electron chi connectivity index (χ1n) is 6.83. The summed E-state index contributed by atoms with van der Waals surface area (Å²) < 4.78 is 27.3. The maximum atomic E-state index is 13.0. The Balaban J connectivity index is 2.61. The molecule has 2 aromatic rings. The minimum atomic E-state index is -3.63. The van der Waals surface area contributed by atoms with Gasteiger partial charge in [-0.2, -0.15) is 0 Å². The first-order chi connectivity index (χ1) is 9.89. The highest BCUT2D eigenvalue weighted by Crippen LogP contribution is 2.29. The topological polar surface area (TPSA) is 63.4 Å². The van der Waals surface area contributed by atoms with Gasteiger partial charge in [0.2, 0.25) is 0 Å². The SMILES string of the molecule is CCN(c1ccccc1C)S(=O)(=O)c1cccc(N)c1C. The fourth-order valence-corrected chi connectivity index (χ4v) is 4.14. The normalized spacial score (nSPS) is 11.4. The minimum Gasteiger partial charge on any atom is -0.398 e. The number of nitrogen functional groups attached to an aromatic ring is 1. The van der Waals surface area contributed by atoms with Gasteiger partial charge in [-0.3, -0.25) is 4.31 Å². The van der Waals surface area contributed by atoms with Crippen molar-refractivity contribution in [1.82, 2.24) is 0 Å². The van der Waals surface area contributed by atoms with E-state index in [0.29, 0.717) is 23.5 Å². The highest BCUT2D eigenvalue weighted by molar-refractivity contribution is 7.92. The summed E-state index contributed by atoms with van der Waals surface area (Å²) in [6, 6.07) is 12.4. The van der Waals surface area contributed by atoms with Crippen LogP contribution in [0.15, 0.2) is 47.4 Å². The molecule has 2 N–H and O–H groups in total. The molecule has 21 heavy (non-hydrogen) atoms. The second kappa shape index (κ2) is 5.77. The third-order valence-corrected chi connectivity index (χ3v) is 5.60. The van der Waals surface area contributed by atoms with Crippen molar-refractivity contribution in [3.05, 3.63) is 53.6 Å². The first-order valence-corrected chi connectivity index (χ1v) is 8.27. The number of para-hydroxylation sites is 1. The molecule has 4 nitrogen and oxygen atoms in total. The van der Waals surface area contributed by atoms with Crippen molar-refractivity contribution in [2.75, 3.05) is 16.6 Å². The molecule has 0 bridgehead atoms. The zero-order valence-corrected chi connectivity index (χ0v) is 13.3. The predicted octanol–water partition coefficient (Wildman–Crippen LogP) is 3.10. The summed E-state index contributed by atoms with van der Waals surface area (Å²) in [7, 11) is -3.63. The molecule has 0 unspecified atom stereocenters. The van der Waals surface area contributed by atoms with Crippen LogP contribution in [0.5, 0.6) is 0 Å². The second-order valence-electron chi connectivity index (χ2n) is 4.93. The van der Waals surface area contributed by atoms with E-state index in [-0.39, 0.29) is 4.90 Å².